The second-order valence-electron chi connectivity index (χ2n) is 7.01. The van der Waals surface area contributed by atoms with Crippen LogP contribution in [-0.4, -0.2) is 36.7 Å². The van der Waals surface area contributed by atoms with E-state index in [1.807, 2.05) is 17.0 Å². The summed E-state index contributed by atoms with van der Waals surface area (Å²) in [5, 5.41) is 3.32. The molecule has 0 spiro atoms. The van der Waals surface area contributed by atoms with Crippen LogP contribution in [-0.2, 0) is 4.74 Å². The van der Waals surface area contributed by atoms with Gasteiger partial charge in [-0.05, 0) is 55.2 Å². The summed E-state index contributed by atoms with van der Waals surface area (Å²) >= 11 is 3.46. The number of amides is 2. The first kappa shape index (κ1) is 15.5. The normalized spacial score (nSPS) is 24.8. The van der Waals surface area contributed by atoms with Crippen molar-refractivity contribution >= 4 is 22.0 Å². The second-order valence-corrected chi connectivity index (χ2v) is 7.92. The SMILES string of the molecule is O=C(NC(C1CC1)C1CC1)N1CCOC(c2ccc(Br)cc2)C1. The van der Waals surface area contributed by atoms with Gasteiger partial charge in [-0.25, -0.2) is 4.79 Å². The van der Waals surface area contributed by atoms with Crippen LogP contribution >= 0.6 is 15.9 Å². The summed E-state index contributed by atoms with van der Waals surface area (Å²) in [7, 11) is 0. The molecule has 0 aromatic heterocycles. The lowest BCUT2D eigenvalue weighted by molar-refractivity contribution is -0.0159. The summed E-state index contributed by atoms with van der Waals surface area (Å²) in [4.78, 5) is 14.6. The van der Waals surface area contributed by atoms with E-state index < -0.39 is 0 Å². The number of urea groups is 1. The maximum atomic E-state index is 12.7. The molecule has 2 amide bonds. The van der Waals surface area contributed by atoms with Crippen LogP contribution in [0, 0.1) is 11.8 Å². The Kier molecular flexibility index (Phi) is 4.33. The molecule has 3 aliphatic rings. The van der Waals surface area contributed by atoms with E-state index >= 15 is 0 Å². The van der Waals surface area contributed by atoms with E-state index in [1.165, 1.54) is 25.7 Å². The van der Waals surface area contributed by atoms with Crippen LogP contribution in [0.4, 0.5) is 4.79 Å². The molecular weight excluding hydrogens is 356 g/mol. The van der Waals surface area contributed by atoms with Crippen LogP contribution in [0.1, 0.15) is 37.4 Å². The number of ether oxygens (including phenoxy) is 1. The summed E-state index contributed by atoms with van der Waals surface area (Å²) in [6.45, 7) is 1.92. The number of morpholine rings is 1. The summed E-state index contributed by atoms with van der Waals surface area (Å²) in [6, 6.07) is 8.68. The van der Waals surface area contributed by atoms with Gasteiger partial charge in [-0.1, -0.05) is 28.1 Å². The second kappa shape index (κ2) is 6.44. The van der Waals surface area contributed by atoms with E-state index in [9.17, 15) is 4.79 Å². The van der Waals surface area contributed by atoms with Crippen molar-refractivity contribution in [3.8, 4) is 0 Å². The number of benzene rings is 1. The minimum Gasteiger partial charge on any atom is -0.370 e. The number of carbonyl (C=O) groups excluding carboxylic acids is 1. The van der Waals surface area contributed by atoms with Gasteiger partial charge in [-0.15, -0.1) is 0 Å². The first-order valence-electron chi connectivity index (χ1n) is 8.63. The van der Waals surface area contributed by atoms with Crippen molar-refractivity contribution in [1.29, 1.82) is 0 Å². The van der Waals surface area contributed by atoms with Gasteiger partial charge in [0.15, 0.2) is 0 Å². The standard InChI is InChI=1S/C18H23BrN2O2/c19-15-7-5-12(6-8-15)16-11-21(9-10-23-16)18(22)20-17(13-1-2-13)14-3-4-14/h5-8,13-14,16-17H,1-4,9-11H2,(H,20,22). The molecule has 4 nitrogen and oxygen atoms in total. The van der Waals surface area contributed by atoms with Gasteiger partial charge in [-0.2, -0.15) is 0 Å². The number of rotatable bonds is 4. The Labute approximate surface area is 145 Å². The minimum atomic E-state index is -0.0251. The lowest BCUT2D eigenvalue weighted by Gasteiger charge is -2.34. The van der Waals surface area contributed by atoms with Crippen molar-refractivity contribution in [1.82, 2.24) is 10.2 Å². The van der Waals surface area contributed by atoms with Crippen LogP contribution in [0.3, 0.4) is 0 Å². The van der Waals surface area contributed by atoms with Gasteiger partial charge in [0.1, 0.15) is 6.10 Å². The molecule has 5 heteroatoms. The predicted molar refractivity (Wildman–Crippen MR) is 92.2 cm³/mol. The number of nitrogens with one attached hydrogen (secondary N) is 1. The molecule has 0 radical (unpaired) electrons. The molecule has 1 aliphatic heterocycles. The molecular formula is C18H23BrN2O2. The molecule has 124 valence electrons. The Morgan fingerprint density at radius 2 is 1.83 bits per heavy atom. The number of carbonyl (C=O) groups is 1. The average molecular weight is 379 g/mol. The summed E-state index contributed by atoms with van der Waals surface area (Å²) in [5.74, 6) is 1.46. The quantitative estimate of drug-likeness (QED) is 0.867. The first-order valence-corrected chi connectivity index (χ1v) is 9.42. The highest BCUT2D eigenvalue weighted by molar-refractivity contribution is 9.10. The number of halogens is 1. The topological polar surface area (TPSA) is 41.6 Å². The van der Waals surface area contributed by atoms with Gasteiger partial charge in [-0.3, -0.25) is 0 Å². The van der Waals surface area contributed by atoms with Gasteiger partial charge in [0.25, 0.3) is 0 Å². The number of hydrogen-bond acceptors (Lipinski definition) is 2. The van der Waals surface area contributed by atoms with Gasteiger partial charge in [0.05, 0.1) is 13.2 Å². The van der Waals surface area contributed by atoms with Crippen molar-refractivity contribution in [3.63, 3.8) is 0 Å². The highest BCUT2D eigenvalue weighted by atomic mass is 79.9. The van der Waals surface area contributed by atoms with Crippen molar-refractivity contribution in [2.45, 2.75) is 37.8 Å². The Bertz CT molecular complexity index is 557. The Hall–Kier alpha value is -1.07. The van der Waals surface area contributed by atoms with E-state index in [4.69, 9.17) is 4.74 Å². The molecule has 1 heterocycles. The predicted octanol–water partition coefficient (Wildman–Crippen LogP) is 3.72. The fourth-order valence-electron chi connectivity index (χ4n) is 3.48. The zero-order valence-corrected chi connectivity index (χ0v) is 14.8. The van der Waals surface area contributed by atoms with Crippen molar-refractivity contribution in [2.75, 3.05) is 19.7 Å². The third kappa shape index (κ3) is 3.72. The van der Waals surface area contributed by atoms with Crippen LogP contribution in [0.2, 0.25) is 0 Å². The zero-order chi connectivity index (χ0) is 15.8. The third-order valence-electron chi connectivity index (χ3n) is 5.15. The van der Waals surface area contributed by atoms with Crippen LogP contribution in [0.5, 0.6) is 0 Å². The highest BCUT2D eigenvalue weighted by Crippen LogP contribution is 2.44. The van der Waals surface area contributed by atoms with Gasteiger partial charge in [0.2, 0.25) is 0 Å². The van der Waals surface area contributed by atoms with Crippen molar-refractivity contribution in [3.05, 3.63) is 34.3 Å². The first-order chi connectivity index (χ1) is 11.2. The maximum Gasteiger partial charge on any atom is 0.317 e. The fraction of sp³-hybridized carbons (Fsp3) is 0.611. The molecule has 2 aliphatic carbocycles. The summed E-state index contributed by atoms with van der Waals surface area (Å²) in [5.41, 5.74) is 1.13. The van der Waals surface area contributed by atoms with Crippen LogP contribution in [0.15, 0.2) is 28.7 Å². The van der Waals surface area contributed by atoms with E-state index in [0.717, 1.165) is 21.9 Å². The van der Waals surface area contributed by atoms with Crippen molar-refractivity contribution < 1.29 is 9.53 Å². The summed E-state index contributed by atoms with van der Waals surface area (Å²) < 4.78 is 6.93. The Morgan fingerprint density at radius 1 is 1.17 bits per heavy atom. The zero-order valence-electron chi connectivity index (χ0n) is 13.2. The van der Waals surface area contributed by atoms with Crippen molar-refractivity contribution in [2.24, 2.45) is 11.8 Å². The molecule has 1 N–H and O–H groups in total. The van der Waals surface area contributed by atoms with Crippen LogP contribution in [0.25, 0.3) is 0 Å². The van der Waals surface area contributed by atoms with Gasteiger partial charge >= 0.3 is 6.03 Å². The maximum absolute atomic E-state index is 12.7. The lowest BCUT2D eigenvalue weighted by atomic mass is 10.1. The summed E-state index contributed by atoms with van der Waals surface area (Å²) in [6.07, 6.45) is 5.11. The molecule has 1 atom stereocenters. The van der Waals surface area contributed by atoms with E-state index in [2.05, 4.69) is 33.4 Å². The van der Waals surface area contributed by atoms with E-state index in [1.54, 1.807) is 0 Å². The molecule has 2 saturated carbocycles. The molecule has 0 bridgehead atoms. The van der Waals surface area contributed by atoms with Crippen LogP contribution < -0.4 is 5.32 Å². The monoisotopic (exact) mass is 378 g/mol. The average Bonchev–Trinajstić information content (AvgIpc) is 3.47. The number of nitrogens with zero attached hydrogens (tertiary/aromatic N) is 1. The smallest absolute Gasteiger partial charge is 0.317 e. The molecule has 1 unspecified atom stereocenters. The molecule has 23 heavy (non-hydrogen) atoms. The molecule has 3 fully saturated rings. The molecule has 1 saturated heterocycles. The molecule has 1 aromatic rings. The number of hydrogen-bond donors (Lipinski definition) is 1. The lowest BCUT2D eigenvalue weighted by Crippen LogP contribution is -2.51. The largest absolute Gasteiger partial charge is 0.370 e. The fourth-order valence-corrected chi connectivity index (χ4v) is 3.74. The van der Waals surface area contributed by atoms with Gasteiger partial charge in [0, 0.05) is 17.1 Å². The minimum absolute atomic E-state index is 0.0251. The third-order valence-corrected chi connectivity index (χ3v) is 5.67. The molecule has 4 rings (SSSR count). The van der Waals surface area contributed by atoms with Gasteiger partial charge < -0.3 is 15.0 Å². The van der Waals surface area contributed by atoms with E-state index in [-0.39, 0.29) is 12.1 Å². The Morgan fingerprint density at radius 3 is 2.43 bits per heavy atom. The molecule has 1 aromatic carbocycles. The van der Waals surface area contributed by atoms with E-state index in [0.29, 0.717) is 25.7 Å². The highest BCUT2D eigenvalue weighted by Gasteiger charge is 2.43. The Balaban J connectivity index is 1.38.